The fraction of sp³-hybridized carbons (Fsp3) is 0.385. The second-order valence-corrected chi connectivity index (χ2v) is 11.0. The molecule has 1 aromatic carbocycles. The number of nitrogens with zero attached hydrogens (tertiary/aromatic N) is 2. The second-order valence-electron chi connectivity index (χ2n) is 8.87. The van der Waals surface area contributed by atoms with Crippen LogP contribution in [0.25, 0.3) is 0 Å². The molecule has 3 amide bonds. The number of ether oxygens (including phenoxy) is 3. The summed E-state index contributed by atoms with van der Waals surface area (Å²) in [5, 5.41) is 4.18. The quantitative estimate of drug-likeness (QED) is 0.384. The minimum atomic E-state index is -0.781. The topological polar surface area (TPSA) is 114 Å². The number of carbonyl (C=O) groups excluding carboxylic acids is 4. The summed E-state index contributed by atoms with van der Waals surface area (Å²) in [5.41, 5.74) is 0.910. The lowest BCUT2D eigenvalue weighted by atomic mass is 10.0. The van der Waals surface area contributed by atoms with Crippen molar-refractivity contribution in [2.24, 2.45) is 0 Å². The molecule has 2 aromatic rings. The molecule has 38 heavy (non-hydrogen) atoms. The Morgan fingerprint density at radius 2 is 1.89 bits per heavy atom. The molecular weight excluding hydrogens is 530 g/mol. The molecule has 0 bridgehead atoms. The number of thiophene rings is 1. The van der Waals surface area contributed by atoms with Crippen molar-refractivity contribution in [2.45, 2.75) is 24.4 Å². The SMILES string of the molecule is COc1ccc(COC(=O)C2=C(C(=O)N3CCOCC3)CS[C@H]3C(NC(=O)Cc4cccs4)C(=O)N23)cc1. The van der Waals surface area contributed by atoms with Crippen molar-refractivity contribution in [2.75, 3.05) is 39.2 Å². The van der Waals surface area contributed by atoms with E-state index in [0.717, 1.165) is 10.4 Å². The van der Waals surface area contributed by atoms with E-state index in [-0.39, 0.29) is 41.9 Å². The largest absolute Gasteiger partial charge is 0.497 e. The average Bonchev–Trinajstić information content (AvgIpc) is 3.47. The van der Waals surface area contributed by atoms with Crippen molar-refractivity contribution in [1.82, 2.24) is 15.1 Å². The molecule has 5 rings (SSSR count). The molecular formula is C26H27N3O7S2. The van der Waals surface area contributed by atoms with E-state index < -0.39 is 23.3 Å². The first kappa shape index (κ1) is 26.3. The van der Waals surface area contributed by atoms with Crippen LogP contribution in [0.3, 0.4) is 0 Å². The molecule has 0 aliphatic carbocycles. The van der Waals surface area contributed by atoms with E-state index in [0.29, 0.717) is 32.1 Å². The summed E-state index contributed by atoms with van der Waals surface area (Å²) in [5.74, 6) is -0.881. The number of esters is 1. The first-order chi connectivity index (χ1) is 18.5. The summed E-state index contributed by atoms with van der Waals surface area (Å²) in [4.78, 5) is 56.4. The third-order valence-electron chi connectivity index (χ3n) is 6.48. The summed E-state index contributed by atoms with van der Waals surface area (Å²) in [7, 11) is 1.56. The predicted molar refractivity (Wildman–Crippen MR) is 140 cm³/mol. The summed E-state index contributed by atoms with van der Waals surface area (Å²) >= 11 is 2.82. The van der Waals surface area contributed by atoms with Gasteiger partial charge in [0, 0.05) is 23.7 Å². The highest BCUT2D eigenvalue weighted by Gasteiger charge is 2.55. The highest BCUT2D eigenvalue weighted by atomic mass is 32.2. The smallest absolute Gasteiger partial charge is 0.355 e. The maximum Gasteiger partial charge on any atom is 0.355 e. The Bertz CT molecular complexity index is 1240. The van der Waals surface area contributed by atoms with Crippen LogP contribution in [0, 0.1) is 0 Å². The van der Waals surface area contributed by atoms with Gasteiger partial charge in [-0.1, -0.05) is 18.2 Å². The Morgan fingerprint density at radius 1 is 1.13 bits per heavy atom. The van der Waals surface area contributed by atoms with Crippen molar-refractivity contribution in [3.05, 3.63) is 63.5 Å². The molecule has 1 aromatic heterocycles. The molecule has 4 heterocycles. The summed E-state index contributed by atoms with van der Waals surface area (Å²) in [6.45, 7) is 1.59. The zero-order valence-electron chi connectivity index (χ0n) is 20.7. The van der Waals surface area contributed by atoms with E-state index in [1.807, 2.05) is 17.5 Å². The standard InChI is InChI=1S/C26H27N3O7S2/c1-34-17-6-4-16(5-7-17)14-36-26(33)22-19(23(31)28-8-10-35-11-9-28)15-38-25-21(24(32)29(22)25)27-20(30)13-18-3-2-12-37-18/h2-7,12,21,25H,8-11,13-15H2,1H3,(H,27,30)/t21?,25-/m0/s1. The highest BCUT2D eigenvalue weighted by molar-refractivity contribution is 8.00. The van der Waals surface area contributed by atoms with E-state index in [9.17, 15) is 19.2 Å². The zero-order valence-corrected chi connectivity index (χ0v) is 22.3. The highest BCUT2D eigenvalue weighted by Crippen LogP contribution is 2.41. The summed E-state index contributed by atoms with van der Waals surface area (Å²) < 4.78 is 16.1. The Hall–Kier alpha value is -3.35. The number of benzene rings is 1. The number of fused-ring (bicyclic) bond motifs is 1. The molecule has 0 spiro atoms. The number of methoxy groups -OCH3 is 1. The van der Waals surface area contributed by atoms with Gasteiger partial charge in [0.2, 0.25) is 5.91 Å². The fourth-order valence-corrected chi connectivity index (χ4v) is 6.50. The van der Waals surface area contributed by atoms with Crippen LogP contribution in [-0.4, -0.2) is 84.1 Å². The van der Waals surface area contributed by atoms with E-state index in [1.165, 1.54) is 28.0 Å². The number of rotatable bonds is 8. The fourth-order valence-electron chi connectivity index (χ4n) is 4.46. The van der Waals surface area contributed by atoms with Crippen LogP contribution in [0.4, 0.5) is 0 Å². The van der Waals surface area contributed by atoms with Gasteiger partial charge in [0.1, 0.15) is 29.5 Å². The van der Waals surface area contributed by atoms with Gasteiger partial charge in [0.25, 0.3) is 11.8 Å². The second kappa shape index (κ2) is 11.6. The Labute approximate surface area is 227 Å². The molecule has 10 nitrogen and oxygen atoms in total. The van der Waals surface area contributed by atoms with Crippen molar-refractivity contribution in [1.29, 1.82) is 0 Å². The molecule has 2 atom stereocenters. The van der Waals surface area contributed by atoms with Crippen LogP contribution < -0.4 is 10.1 Å². The van der Waals surface area contributed by atoms with Crippen molar-refractivity contribution < 1.29 is 33.4 Å². The minimum Gasteiger partial charge on any atom is -0.497 e. The van der Waals surface area contributed by atoms with E-state index in [1.54, 1.807) is 36.3 Å². The van der Waals surface area contributed by atoms with Crippen molar-refractivity contribution >= 4 is 46.8 Å². The van der Waals surface area contributed by atoms with Crippen molar-refractivity contribution in [3.63, 3.8) is 0 Å². The molecule has 0 saturated carbocycles. The number of β-lactam (4-membered cyclic amide) rings is 1. The van der Waals surface area contributed by atoms with Gasteiger partial charge in [-0.3, -0.25) is 19.3 Å². The van der Waals surface area contributed by atoms with E-state index >= 15 is 0 Å². The third-order valence-corrected chi connectivity index (χ3v) is 8.63. The van der Waals surface area contributed by atoms with Crippen LogP contribution in [-0.2, 0) is 41.7 Å². The van der Waals surface area contributed by atoms with Gasteiger partial charge < -0.3 is 24.4 Å². The minimum absolute atomic E-state index is 0.0355. The molecule has 2 saturated heterocycles. The Balaban J connectivity index is 1.34. The lowest BCUT2D eigenvalue weighted by Gasteiger charge is -2.49. The van der Waals surface area contributed by atoms with Gasteiger partial charge in [-0.2, -0.15) is 0 Å². The molecule has 12 heteroatoms. The van der Waals surface area contributed by atoms with Gasteiger partial charge in [-0.25, -0.2) is 4.79 Å². The maximum atomic E-state index is 13.4. The number of hydrogen-bond donors (Lipinski definition) is 1. The molecule has 3 aliphatic rings. The lowest BCUT2D eigenvalue weighted by molar-refractivity contribution is -0.154. The van der Waals surface area contributed by atoms with Crippen LogP contribution >= 0.6 is 23.1 Å². The first-order valence-corrected chi connectivity index (χ1v) is 14.1. The molecule has 1 N–H and O–H groups in total. The maximum absolute atomic E-state index is 13.4. The van der Waals surface area contributed by atoms with Gasteiger partial charge in [-0.15, -0.1) is 23.1 Å². The number of morpholine rings is 1. The Morgan fingerprint density at radius 3 is 2.58 bits per heavy atom. The van der Waals surface area contributed by atoms with Gasteiger partial charge >= 0.3 is 5.97 Å². The monoisotopic (exact) mass is 557 g/mol. The first-order valence-electron chi connectivity index (χ1n) is 12.1. The average molecular weight is 558 g/mol. The molecule has 3 aliphatic heterocycles. The van der Waals surface area contributed by atoms with Gasteiger partial charge in [0.15, 0.2) is 0 Å². The Kier molecular flexibility index (Phi) is 8.01. The number of carbonyl (C=O) groups is 4. The molecule has 0 radical (unpaired) electrons. The van der Waals surface area contributed by atoms with Crippen LogP contribution in [0.1, 0.15) is 10.4 Å². The van der Waals surface area contributed by atoms with E-state index in [2.05, 4.69) is 5.32 Å². The molecule has 2 fully saturated rings. The predicted octanol–water partition coefficient (Wildman–Crippen LogP) is 1.56. The number of thioether (sulfide) groups is 1. The number of nitrogens with one attached hydrogen (secondary N) is 1. The summed E-state index contributed by atoms with van der Waals surface area (Å²) in [6.07, 6.45) is 0.173. The lowest BCUT2D eigenvalue weighted by Crippen LogP contribution is -2.71. The molecule has 1 unspecified atom stereocenters. The number of amides is 3. The van der Waals surface area contributed by atoms with Crippen LogP contribution in [0.2, 0.25) is 0 Å². The third kappa shape index (κ3) is 5.42. The van der Waals surface area contributed by atoms with Crippen molar-refractivity contribution in [3.8, 4) is 5.75 Å². The normalized spacial score (nSPS) is 20.9. The number of hydrogen-bond acceptors (Lipinski definition) is 9. The zero-order chi connectivity index (χ0) is 26.6. The van der Waals surface area contributed by atoms with Gasteiger partial charge in [-0.05, 0) is 29.1 Å². The van der Waals surface area contributed by atoms with Gasteiger partial charge in [0.05, 0.1) is 32.3 Å². The molecule has 200 valence electrons. The summed E-state index contributed by atoms with van der Waals surface area (Å²) in [6, 6.07) is 10.00. The van der Waals surface area contributed by atoms with E-state index in [4.69, 9.17) is 14.2 Å². The van der Waals surface area contributed by atoms with Crippen LogP contribution in [0.5, 0.6) is 5.75 Å². The van der Waals surface area contributed by atoms with Crippen LogP contribution in [0.15, 0.2) is 53.0 Å².